The van der Waals surface area contributed by atoms with Crippen LogP contribution in [0, 0.1) is 0 Å². The first kappa shape index (κ1) is 10.8. The molecule has 13 heavy (non-hydrogen) atoms. The van der Waals surface area contributed by atoms with Crippen LogP contribution in [0.25, 0.3) is 0 Å². The Morgan fingerprint density at radius 2 is 2.23 bits per heavy atom. The Labute approximate surface area is 91.0 Å². The minimum atomic E-state index is 0.183. The Bertz CT molecular complexity index is 323. The topological polar surface area (TPSA) is 17.1 Å². The lowest BCUT2D eigenvalue weighted by Crippen LogP contribution is -1.98. The van der Waals surface area contributed by atoms with Crippen LogP contribution in [0.1, 0.15) is 23.7 Å². The molecule has 1 nitrogen and oxygen atoms in total. The molecule has 0 N–H and O–H groups in total. The second-order valence-corrected chi connectivity index (χ2v) is 4.24. The van der Waals surface area contributed by atoms with Gasteiger partial charge in [0.25, 0.3) is 0 Å². The molecular weight excluding hydrogens is 248 g/mol. The largest absolute Gasteiger partial charge is 0.294 e. The van der Waals surface area contributed by atoms with Crippen LogP contribution in [0.3, 0.4) is 0 Å². The number of carbonyl (C=O) groups excluding carboxylic acids is 1. The predicted octanol–water partition coefficient (Wildman–Crippen LogP) is 3.76. The number of rotatable bonds is 3. The van der Waals surface area contributed by atoms with Crippen molar-refractivity contribution in [3.63, 3.8) is 0 Å². The smallest absolute Gasteiger partial charge is 0.163 e. The molecule has 0 spiro atoms. The van der Waals surface area contributed by atoms with Gasteiger partial charge in [0, 0.05) is 21.4 Å². The van der Waals surface area contributed by atoms with Crippen LogP contribution in [0.2, 0.25) is 0 Å². The van der Waals surface area contributed by atoms with Gasteiger partial charge < -0.3 is 0 Å². The van der Waals surface area contributed by atoms with Crippen LogP contribution in [-0.4, -0.2) is 12.0 Å². The van der Waals surface area contributed by atoms with Gasteiger partial charge in [-0.25, -0.2) is 0 Å². The van der Waals surface area contributed by atoms with Gasteiger partial charge in [-0.05, 0) is 28.3 Å². The van der Waals surface area contributed by atoms with Gasteiger partial charge in [-0.2, -0.15) is 0 Å². The number of benzene rings is 1. The summed E-state index contributed by atoms with van der Waals surface area (Å²) in [6.45, 7) is 1.88. The lowest BCUT2D eigenvalue weighted by atomic mass is 10.1. The Morgan fingerprint density at radius 1 is 1.54 bits per heavy atom. The number of thioether (sulfide) groups is 1. The monoisotopic (exact) mass is 258 g/mol. The number of Topliss-reactive ketones (excluding diaryl/α,β-unsaturated/α-hetero) is 1. The Kier molecular flexibility index (Phi) is 4.00. The fraction of sp³-hybridized carbons (Fsp3) is 0.300. The number of hydrogen-bond acceptors (Lipinski definition) is 2. The first-order valence-corrected chi connectivity index (χ1v) is 6.08. The van der Waals surface area contributed by atoms with Crippen molar-refractivity contribution >= 4 is 33.5 Å². The van der Waals surface area contributed by atoms with E-state index in [0.717, 1.165) is 14.9 Å². The van der Waals surface area contributed by atoms with Crippen molar-refractivity contribution in [3.05, 3.63) is 28.2 Å². The highest BCUT2D eigenvalue weighted by molar-refractivity contribution is 9.10. The zero-order valence-electron chi connectivity index (χ0n) is 7.63. The molecule has 1 rings (SSSR count). The summed E-state index contributed by atoms with van der Waals surface area (Å²) >= 11 is 5.08. The van der Waals surface area contributed by atoms with Crippen molar-refractivity contribution in [2.24, 2.45) is 0 Å². The third-order valence-corrected chi connectivity index (χ3v) is 3.70. The summed E-state index contributed by atoms with van der Waals surface area (Å²) in [6.07, 6.45) is 2.55. The molecular formula is C10H11BrOS. The van der Waals surface area contributed by atoms with E-state index in [1.54, 1.807) is 11.8 Å². The van der Waals surface area contributed by atoms with Gasteiger partial charge in [-0.3, -0.25) is 4.79 Å². The molecule has 0 saturated heterocycles. The maximum atomic E-state index is 11.5. The SMILES string of the molecule is CCC(=O)c1cccc(SC)c1Br. The van der Waals surface area contributed by atoms with Crippen LogP contribution >= 0.6 is 27.7 Å². The summed E-state index contributed by atoms with van der Waals surface area (Å²) in [7, 11) is 0. The summed E-state index contributed by atoms with van der Waals surface area (Å²) in [5.41, 5.74) is 0.786. The first-order chi connectivity index (χ1) is 6.20. The summed E-state index contributed by atoms with van der Waals surface area (Å²) in [5.74, 6) is 0.183. The molecule has 3 heteroatoms. The zero-order valence-corrected chi connectivity index (χ0v) is 10.0. The number of halogens is 1. The van der Waals surface area contributed by atoms with Crippen molar-refractivity contribution < 1.29 is 4.79 Å². The summed E-state index contributed by atoms with van der Waals surface area (Å²) in [6, 6.07) is 5.77. The maximum Gasteiger partial charge on any atom is 0.163 e. The number of carbonyl (C=O) groups is 1. The van der Waals surface area contributed by atoms with Crippen LogP contribution in [-0.2, 0) is 0 Å². The minimum Gasteiger partial charge on any atom is -0.294 e. The van der Waals surface area contributed by atoms with Crippen molar-refractivity contribution in [1.82, 2.24) is 0 Å². The third-order valence-electron chi connectivity index (χ3n) is 1.80. The van der Waals surface area contributed by atoms with E-state index < -0.39 is 0 Å². The fourth-order valence-corrected chi connectivity index (χ4v) is 2.55. The number of ketones is 1. The van der Waals surface area contributed by atoms with Gasteiger partial charge in [0.1, 0.15) is 0 Å². The number of hydrogen-bond donors (Lipinski definition) is 0. The van der Waals surface area contributed by atoms with Gasteiger partial charge in [-0.1, -0.05) is 19.1 Å². The van der Waals surface area contributed by atoms with E-state index in [1.807, 2.05) is 31.4 Å². The van der Waals surface area contributed by atoms with Crippen LogP contribution < -0.4 is 0 Å². The van der Waals surface area contributed by atoms with Crippen molar-refractivity contribution in [2.75, 3.05) is 6.26 Å². The van der Waals surface area contributed by atoms with Crippen LogP contribution in [0.4, 0.5) is 0 Å². The third kappa shape index (κ3) is 2.35. The molecule has 0 unspecified atom stereocenters. The molecule has 70 valence electrons. The Morgan fingerprint density at radius 3 is 2.77 bits per heavy atom. The van der Waals surface area contributed by atoms with E-state index >= 15 is 0 Å². The van der Waals surface area contributed by atoms with Gasteiger partial charge in [0.2, 0.25) is 0 Å². The lowest BCUT2D eigenvalue weighted by Gasteiger charge is -2.05. The van der Waals surface area contributed by atoms with Crippen molar-refractivity contribution in [1.29, 1.82) is 0 Å². The lowest BCUT2D eigenvalue weighted by molar-refractivity contribution is 0.0987. The van der Waals surface area contributed by atoms with E-state index in [1.165, 1.54) is 0 Å². The molecule has 0 heterocycles. The van der Waals surface area contributed by atoms with E-state index in [-0.39, 0.29) is 5.78 Å². The molecule has 1 aromatic carbocycles. The van der Waals surface area contributed by atoms with Crippen LogP contribution in [0.15, 0.2) is 27.6 Å². The highest BCUT2D eigenvalue weighted by Crippen LogP contribution is 2.29. The fourth-order valence-electron chi connectivity index (χ4n) is 1.07. The predicted molar refractivity (Wildman–Crippen MR) is 60.5 cm³/mol. The molecule has 0 aromatic heterocycles. The zero-order chi connectivity index (χ0) is 9.84. The van der Waals surface area contributed by atoms with Crippen molar-refractivity contribution in [2.45, 2.75) is 18.2 Å². The van der Waals surface area contributed by atoms with E-state index in [4.69, 9.17) is 0 Å². The summed E-state index contributed by atoms with van der Waals surface area (Å²) in [4.78, 5) is 12.6. The molecule has 0 aliphatic carbocycles. The maximum absolute atomic E-state index is 11.5. The Balaban J connectivity index is 3.15. The van der Waals surface area contributed by atoms with E-state index in [2.05, 4.69) is 15.9 Å². The molecule has 0 amide bonds. The molecule has 0 bridgehead atoms. The summed E-state index contributed by atoms with van der Waals surface area (Å²) in [5, 5.41) is 0. The summed E-state index contributed by atoms with van der Waals surface area (Å²) < 4.78 is 0.925. The van der Waals surface area contributed by atoms with Crippen molar-refractivity contribution in [3.8, 4) is 0 Å². The second kappa shape index (κ2) is 4.82. The quantitative estimate of drug-likeness (QED) is 0.607. The van der Waals surface area contributed by atoms with Gasteiger partial charge in [-0.15, -0.1) is 11.8 Å². The van der Waals surface area contributed by atoms with E-state index in [0.29, 0.717) is 6.42 Å². The van der Waals surface area contributed by atoms with Gasteiger partial charge in [0.05, 0.1) is 0 Å². The second-order valence-electron chi connectivity index (χ2n) is 2.60. The Hall–Kier alpha value is -0.280. The highest BCUT2D eigenvalue weighted by Gasteiger charge is 2.09. The van der Waals surface area contributed by atoms with E-state index in [9.17, 15) is 4.79 Å². The average Bonchev–Trinajstić information content (AvgIpc) is 2.17. The molecule has 0 fully saturated rings. The molecule has 0 radical (unpaired) electrons. The standard InChI is InChI=1S/C10H11BrOS/c1-3-8(12)7-5-4-6-9(13-2)10(7)11/h4-6H,3H2,1-2H3. The first-order valence-electron chi connectivity index (χ1n) is 4.06. The highest BCUT2D eigenvalue weighted by atomic mass is 79.9. The normalized spacial score (nSPS) is 10.1. The van der Waals surface area contributed by atoms with Gasteiger partial charge in [0.15, 0.2) is 5.78 Å². The molecule has 0 aliphatic rings. The van der Waals surface area contributed by atoms with Crippen LogP contribution in [0.5, 0.6) is 0 Å². The molecule has 1 aromatic rings. The average molecular weight is 259 g/mol. The molecule has 0 saturated carbocycles. The van der Waals surface area contributed by atoms with Gasteiger partial charge >= 0.3 is 0 Å². The molecule has 0 atom stereocenters. The molecule has 0 aliphatic heterocycles. The minimum absolute atomic E-state index is 0.183.